The minimum absolute atomic E-state index is 0.250. The minimum Gasteiger partial charge on any atom is -0.255 e. The van der Waals surface area contributed by atoms with Crippen LogP contribution >= 0.6 is 0 Å². The van der Waals surface area contributed by atoms with Gasteiger partial charge in [-0.05, 0) is 0 Å². The fourth-order valence-corrected chi connectivity index (χ4v) is 0. The molecule has 0 N–H and O–H groups in total. The summed E-state index contributed by atoms with van der Waals surface area (Å²) in [6.45, 7) is -1.81. The van der Waals surface area contributed by atoms with E-state index in [1.165, 1.54) is 0 Å². The summed E-state index contributed by atoms with van der Waals surface area (Å²) in [5.74, 6) is -2.26. The van der Waals surface area contributed by atoms with E-state index in [0.29, 0.717) is 7.18 Å². The van der Waals surface area contributed by atoms with Crippen molar-refractivity contribution in [2.75, 3.05) is 41.6 Å². The molecule has 0 aromatic heterocycles. The summed E-state index contributed by atoms with van der Waals surface area (Å²) in [6, 6.07) is 0. The van der Waals surface area contributed by atoms with Crippen LogP contribution < -0.4 is 0 Å². The van der Waals surface area contributed by atoms with Gasteiger partial charge in [-0.3, -0.25) is 4.39 Å². The van der Waals surface area contributed by atoms with E-state index in [4.69, 9.17) is 0 Å². The van der Waals surface area contributed by atoms with Gasteiger partial charge in [0.1, 0.15) is 0 Å². The van der Waals surface area contributed by atoms with E-state index < -0.39 is 59.0 Å². The van der Waals surface area contributed by atoms with E-state index in [0.717, 1.165) is 0 Å². The lowest BCUT2D eigenvalue weighted by molar-refractivity contribution is -0.237. The third kappa shape index (κ3) is 818. The van der Waals surface area contributed by atoms with E-state index in [2.05, 4.69) is 13.2 Å². The van der Waals surface area contributed by atoms with Gasteiger partial charge in [-0.1, -0.05) is 19.7 Å². The fourth-order valence-electron chi connectivity index (χ4n) is 0. The molecule has 0 rings (SSSR count). The zero-order valence-corrected chi connectivity index (χ0v) is 18.5. The van der Waals surface area contributed by atoms with Gasteiger partial charge in [0, 0.05) is 0 Å². The third-order valence-corrected chi connectivity index (χ3v) is 0.459. The summed E-state index contributed by atoms with van der Waals surface area (Å²) in [6.07, 6.45) is -14.5. The van der Waals surface area contributed by atoms with Crippen molar-refractivity contribution >= 4 is 0 Å². The fraction of sp³-hybridized carbons (Fsp3) is 0.600. The molecule has 0 aromatic rings. The van der Waals surface area contributed by atoms with Gasteiger partial charge >= 0.3 is 18.8 Å². The average Bonchev–Trinajstić information content (AvgIpc) is 2.71. The van der Waals surface area contributed by atoms with Gasteiger partial charge in [0.25, 0.3) is 0 Å². The van der Waals surface area contributed by atoms with Crippen LogP contribution in [-0.4, -0.2) is 60.3 Å². The Hall–Kier alpha value is -2.39. The second-order valence-electron chi connectivity index (χ2n) is 2.79. The van der Waals surface area contributed by atoms with E-state index in [1.807, 2.05) is 6.58 Å². The van der Waals surface area contributed by atoms with Crippen LogP contribution in [0.4, 0.5) is 101 Å². The van der Waals surface area contributed by atoms with Crippen LogP contribution in [0.2, 0.25) is 0 Å². The Kier molecular flexibility index (Phi) is 102. The molecule has 0 nitrogen and oxygen atoms in total. The number of rotatable bonds is 0. The first-order valence-electron chi connectivity index (χ1n) is 7.07. The predicted octanol–water partition coefficient (Wildman–Crippen LogP) is 11.3. The van der Waals surface area contributed by atoms with Crippen molar-refractivity contribution in [3.8, 4) is 0 Å². The molecule has 242 valence electrons. The van der Waals surface area contributed by atoms with Crippen molar-refractivity contribution in [1.82, 2.24) is 0 Å². The highest BCUT2D eigenvalue weighted by molar-refractivity contribution is 4.88. The van der Waals surface area contributed by atoms with Crippen LogP contribution in [0.3, 0.4) is 0 Å². The molecular weight excluding hydrogens is 617 g/mol. The Balaban J connectivity index is -0.0000000295. The Morgan fingerprint density at radius 3 is 0.605 bits per heavy atom. The molecule has 0 aliphatic heterocycles. The normalized spacial score (nSPS) is 8.32. The highest BCUT2D eigenvalue weighted by Gasteiger charge is 2.32. The first-order valence-corrected chi connectivity index (χ1v) is 7.07. The molecule has 0 aliphatic carbocycles. The van der Waals surface area contributed by atoms with Crippen molar-refractivity contribution in [3.05, 3.63) is 38.2 Å². The molecule has 0 spiro atoms. The standard InChI is InChI=1S/C3H2F4.C2H2F4.2C2H3F.CF4.4CH2F2.CH3F/c1-2(4)3(5,6)7;3-1-2(4,5)6;2*1-2-3;2-1(3,4)5;4*2-1-3;1-2/h1H2;1H2;2*2H,1H2;;4*1H2;1H3. The summed E-state index contributed by atoms with van der Waals surface area (Å²) in [7, 11) is 0.500. The third-order valence-electron chi connectivity index (χ3n) is 0.459. The van der Waals surface area contributed by atoms with Crippen LogP contribution in [-0.2, 0) is 0 Å². The van der Waals surface area contributed by atoms with E-state index in [-0.39, 0.29) is 12.7 Å². The number of alkyl halides is 20. The molecular formula is C15H21F23. The highest BCUT2D eigenvalue weighted by atomic mass is 19.5. The summed E-state index contributed by atoms with van der Waals surface area (Å²) in [4.78, 5) is 0. The van der Waals surface area contributed by atoms with Gasteiger partial charge in [-0.2, -0.15) is 26.3 Å². The lowest BCUT2D eigenvalue weighted by atomic mass is 10.6. The molecule has 0 saturated heterocycles. The number of halogens is 23. The molecule has 0 atom stereocenters. The van der Waals surface area contributed by atoms with Gasteiger partial charge < -0.3 is 0 Å². The van der Waals surface area contributed by atoms with Crippen molar-refractivity contribution in [2.45, 2.75) is 18.8 Å². The Morgan fingerprint density at radius 2 is 0.605 bits per heavy atom. The lowest BCUT2D eigenvalue weighted by Gasteiger charge is -1.97. The topological polar surface area (TPSA) is 0 Å². The Bertz CT molecular complexity index is 339. The quantitative estimate of drug-likeness (QED) is 0.232. The van der Waals surface area contributed by atoms with Crippen LogP contribution in [0.25, 0.3) is 0 Å². The van der Waals surface area contributed by atoms with Gasteiger partial charge in [-0.25, -0.2) is 52.7 Å². The molecule has 0 radical (unpaired) electrons. The minimum atomic E-state index is -5.50. The summed E-state index contributed by atoms with van der Waals surface area (Å²) < 4.78 is 230. The zero-order chi connectivity index (χ0) is 34.0. The average molecular weight is 638 g/mol. The van der Waals surface area contributed by atoms with Crippen LogP contribution in [0, 0.1) is 0 Å². The molecule has 0 aromatic carbocycles. The Labute approximate surface area is 201 Å². The highest BCUT2D eigenvalue weighted by Crippen LogP contribution is 2.23. The smallest absolute Gasteiger partial charge is 0.255 e. The molecule has 0 heterocycles. The van der Waals surface area contributed by atoms with Gasteiger partial charge in [0.05, 0.1) is 19.8 Å². The maximum atomic E-state index is 10.9. The summed E-state index contributed by atoms with van der Waals surface area (Å²) in [5.41, 5.74) is 0. The maximum Gasteiger partial charge on any atom is 0.559 e. The summed E-state index contributed by atoms with van der Waals surface area (Å²) >= 11 is 0. The SMILES string of the molecule is C=C(F)C(F)(F)F.C=CF.C=CF.CF.FC(F)(F)F.FCC(F)(F)F.FCF.FCF.FCF.FCF. The largest absolute Gasteiger partial charge is 0.559 e. The van der Waals surface area contributed by atoms with Gasteiger partial charge in [0.15, 0.2) is 12.5 Å². The molecule has 0 amide bonds. The second-order valence-corrected chi connectivity index (χ2v) is 2.79. The zero-order valence-electron chi connectivity index (χ0n) is 18.5. The van der Waals surface area contributed by atoms with Gasteiger partial charge in [0.2, 0.25) is 27.7 Å². The number of allylic oxidation sites excluding steroid dienone is 1. The second kappa shape index (κ2) is 59.6. The maximum absolute atomic E-state index is 10.9. The molecule has 0 saturated carbocycles. The number of hydrogen-bond acceptors (Lipinski definition) is 0. The molecule has 0 bridgehead atoms. The Morgan fingerprint density at radius 1 is 0.553 bits per heavy atom. The molecule has 0 unspecified atom stereocenters. The number of hydrogen-bond donors (Lipinski definition) is 0. The van der Waals surface area contributed by atoms with Crippen molar-refractivity contribution < 1.29 is 101 Å². The monoisotopic (exact) mass is 638 g/mol. The molecule has 0 aliphatic rings. The predicted molar refractivity (Wildman–Crippen MR) is 93.5 cm³/mol. The first-order chi connectivity index (χ1) is 17.0. The van der Waals surface area contributed by atoms with E-state index in [9.17, 15) is 101 Å². The van der Waals surface area contributed by atoms with Crippen molar-refractivity contribution in [2.24, 2.45) is 0 Å². The van der Waals surface area contributed by atoms with E-state index in [1.54, 1.807) is 0 Å². The first kappa shape index (κ1) is 65.0. The van der Waals surface area contributed by atoms with Crippen LogP contribution in [0.15, 0.2) is 38.2 Å². The molecule has 23 heteroatoms. The van der Waals surface area contributed by atoms with Crippen LogP contribution in [0.1, 0.15) is 0 Å². The molecule has 0 fully saturated rings. The molecule has 38 heavy (non-hydrogen) atoms. The lowest BCUT2D eigenvalue weighted by Crippen LogP contribution is -2.08. The van der Waals surface area contributed by atoms with Crippen molar-refractivity contribution in [3.63, 3.8) is 0 Å². The summed E-state index contributed by atoms with van der Waals surface area (Å²) in [5, 5.41) is 0. The van der Waals surface area contributed by atoms with Crippen LogP contribution in [0.5, 0.6) is 0 Å². The van der Waals surface area contributed by atoms with E-state index >= 15 is 0 Å². The van der Waals surface area contributed by atoms with Crippen molar-refractivity contribution in [1.29, 1.82) is 0 Å². The van der Waals surface area contributed by atoms with Gasteiger partial charge in [-0.15, -0.1) is 17.6 Å².